The number of nitrogens with zero attached hydrogens (tertiary/aromatic N) is 1. The first-order chi connectivity index (χ1) is 5.18. The zero-order valence-corrected chi connectivity index (χ0v) is 7.63. The third kappa shape index (κ3) is 5.87. The van der Waals surface area contributed by atoms with E-state index in [2.05, 4.69) is 26.8 Å². The highest BCUT2D eigenvalue weighted by Gasteiger charge is 2.05. The number of hydrogen-bond acceptors (Lipinski definition) is 2. The van der Waals surface area contributed by atoms with Gasteiger partial charge in [0.2, 0.25) is 0 Å². The average Bonchev–Trinajstić information content (AvgIpc) is 1.97. The maximum absolute atomic E-state index is 8.24. The van der Waals surface area contributed by atoms with E-state index in [1.807, 2.05) is 0 Å². The Bertz CT molecular complexity index is 126. The second-order valence-electron chi connectivity index (χ2n) is 3.08. The number of hydrogen-bond donors (Lipinski definition) is 0. The van der Waals surface area contributed by atoms with Crippen molar-refractivity contribution in [3.8, 4) is 6.07 Å². The van der Waals surface area contributed by atoms with Gasteiger partial charge in [-0.2, -0.15) is 5.26 Å². The van der Waals surface area contributed by atoms with E-state index in [1.54, 1.807) is 0 Å². The maximum Gasteiger partial charge on any atom is 0.0622 e. The van der Waals surface area contributed by atoms with E-state index in [9.17, 15) is 0 Å². The van der Waals surface area contributed by atoms with E-state index in [1.165, 1.54) is 0 Å². The highest BCUT2D eigenvalue weighted by atomic mass is 16.5. The molecule has 0 rings (SSSR count). The van der Waals surface area contributed by atoms with E-state index in [4.69, 9.17) is 10.00 Å². The second kappa shape index (κ2) is 6.18. The highest BCUT2D eigenvalue weighted by molar-refractivity contribution is 4.67. The second-order valence-corrected chi connectivity index (χ2v) is 3.08. The largest absolute Gasteiger partial charge is 0.378 e. The van der Waals surface area contributed by atoms with E-state index < -0.39 is 0 Å². The average molecular weight is 155 g/mol. The van der Waals surface area contributed by atoms with Crippen LogP contribution in [0.5, 0.6) is 0 Å². The van der Waals surface area contributed by atoms with Crippen LogP contribution < -0.4 is 0 Å². The van der Waals surface area contributed by atoms with Gasteiger partial charge in [0.15, 0.2) is 0 Å². The molecule has 0 aromatic rings. The van der Waals surface area contributed by atoms with Gasteiger partial charge < -0.3 is 4.74 Å². The fraction of sp³-hybridized carbons (Fsp3) is 0.889. The smallest absolute Gasteiger partial charge is 0.0622 e. The summed E-state index contributed by atoms with van der Waals surface area (Å²) in [5.41, 5.74) is 0. The molecule has 0 spiro atoms. The Labute approximate surface area is 69.2 Å². The minimum absolute atomic E-state index is 0.314. The molecule has 0 heterocycles. The lowest BCUT2D eigenvalue weighted by atomic mass is 10.1. The summed E-state index contributed by atoms with van der Waals surface area (Å²) in [4.78, 5) is 0. The molecule has 0 bridgehead atoms. The van der Waals surface area contributed by atoms with Crippen molar-refractivity contribution in [2.75, 3.05) is 6.61 Å². The normalized spacial score (nSPS) is 13.0. The summed E-state index contributed by atoms with van der Waals surface area (Å²) in [7, 11) is 0. The molecule has 0 aliphatic carbocycles. The van der Waals surface area contributed by atoms with Crippen molar-refractivity contribution in [2.24, 2.45) is 5.92 Å². The van der Waals surface area contributed by atoms with Crippen molar-refractivity contribution in [1.82, 2.24) is 0 Å². The summed E-state index contributed by atoms with van der Waals surface area (Å²) >= 11 is 0. The van der Waals surface area contributed by atoms with Crippen LogP contribution in [0.4, 0.5) is 0 Å². The predicted octanol–water partition coefficient (Wildman–Crippen LogP) is 2.35. The molecule has 0 fully saturated rings. The Kier molecular flexibility index (Phi) is 5.87. The van der Waals surface area contributed by atoms with Gasteiger partial charge in [-0.3, -0.25) is 0 Å². The summed E-state index contributed by atoms with van der Waals surface area (Å²) in [5, 5.41) is 8.24. The zero-order chi connectivity index (χ0) is 8.69. The third-order valence-corrected chi connectivity index (χ3v) is 1.75. The minimum atomic E-state index is 0.314. The molecule has 11 heavy (non-hydrogen) atoms. The van der Waals surface area contributed by atoms with Crippen LogP contribution in [-0.4, -0.2) is 12.7 Å². The molecular formula is C9H17NO. The molecular weight excluding hydrogens is 138 g/mol. The molecule has 1 atom stereocenters. The van der Waals surface area contributed by atoms with E-state index in [0.717, 1.165) is 6.42 Å². The lowest BCUT2D eigenvalue weighted by Crippen LogP contribution is -2.15. The Morgan fingerprint density at radius 1 is 1.36 bits per heavy atom. The van der Waals surface area contributed by atoms with Crippen LogP contribution in [0.2, 0.25) is 0 Å². The van der Waals surface area contributed by atoms with Crippen molar-refractivity contribution < 1.29 is 4.74 Å². The van der Waals surface area contributed by atoms with Gasteiger partial charge in [-0.1, -0.05) is 13.8 Å². The van der Waals surface area contributed by atoms with E-state index >= 15 is 0 Å². The van der Waals surface area contributed by atoms with Crippen LogP contribution in [0.25, 0.3) is 0 Å². The van der Waals surface area contributed by atoms with Crippen LogP contribution in [-0.2, 0) is 4.74 Å². The number of nitriles is 1. The zero-order valence-electron chi connectivity index (χ0n) is 7.63. The van der Waals surface area contributed by atoms with Crippen LogP contribution in [0.1, 0.15) is 33.6 Å². The Balaban J connectivity index is 3.19. The lowest BCUT2D eigenvalue weighted by Gasteiger charge is -2.15. The molecule has 2 nitrogen and oxygen atoms in total. The SMILES string of the molecule is CC(C)C(C)OCCCC#N. The Morgan fingerprint density at radius 3 is 2.45 bits per heavy atom. The van der Waals surface area contributed by atoms with Crippen LogP contribution >= 0.6 is 0 Å². The predicted molar refractivity (Wildman–Crippen MR) is 45.1 cm³/mol. The molecule has 1 unspecified atom stereocenters. The minimum Gasteiger partial charge on any atom is -0.378 e. The topological polar surface area (TPSA) is 33.0 Å². The van der Waals surface area contributed by atoms with Gasteiger partial charge in [-0.15, -0.1) is 0 Å². The monoisotopic (exact) mass is 155 g/mol. The molecule has 0 N–H and O–H groups in total. The number of ether oxygens (including phenoxy) is 1. The Morgan fingerprint density at radius 2 is 2.00 bits per heavy atom. The van der Waals surface area contributed by atoms with Crippen molar-refractivity contribution in [1.29, 1.82) is 5.26 Å². The van der Waals surface area contributed by atoms with Crippen molar-refractivity contribution >= 4 is 0 Å². The molecule has 2 heteroatoms. The Hall–Kier alpha value is -0.550. The summed E-state index contributed by atoms with van der Waals surface area (Å²) in [6, 6.07) is 2.09. The first-order valence-electron chi connectivity index (χ1n) is 4.17. The molecule has 0 saturated carbocycles. The molecule has 0 aromatic carbocycles. The first-order valence-corrected chi connectivity index (χ1v) is 4.17. The first kappa shape index (κ1) is 10.4. The number of unbranched alkanes of at least 4 members (excludes halogenated alkanes) is 1. The van der Waals surface area contributed by atoms with Gasteiger partial charge in [0.25, 0.3) is 0 Å². The van der Waals surface area contributed by atoms with Crippen LogP contribution in [0.15, 0.2) is 0 Å². The van der Waals surface area contributed by atoms with Gasteiger partial charge in [-0.05, 0) is 19.3 Å². The van der Waals surface area contributed by atoms with E-state index in [0.29, 0.717) is 25.0 Å². The van der Waals surface area contributed by atoms with Crippen molar-refractivity contribution in [2.45, 2.75) is 39.7 Å². The number of rotatable bonds is 5. The van der Waals surface area contributed by atoms with Crippen LogP contribution in [0, 0.1) is 17.2 Å². The standard InChI is InChI=1S/C9H17NO/c1-8(2)9(3)11-7-5-4-6-10/h8-9H,4-5,7H2,1-3H3. The quantitative estimate of drug-likeness (QED) is 0.571. The molecule has 0 radical (unpaired) electrons. The molecule has 64 valence electrons. The lowest BCUT2D eigenvalue weighted by molar-refractivity contribution is 0.0346. The molecule has 0 saturated heterocycles. The molecule has 0 aliphatic heterocycles. The van der Waals surface area contributed by atoms with Crippen molar-refractivity contribution in [3.05, 3.63) is 0 Å². The van der Waals surface area contributed by atoms with Gasteiger partial charge in [0.1, 0.15) is 0 Å². The molecule has 0 aromatic heterocycles. The third-order valence-electron chi connectivity index (χ3n) is 1.75. The van der Waals surface area contributed by atoms with Gasteiger partial charge in [-0.25, -0.2) is 0 Å². The molecule has 0 amide bonds. The summed E-state index contributed by atoms with van der Waals surface area (Å²) in [6.45, 7) is 7.05. The van der Waals surface area contributed by atoms with E-state index in [-0.39, 0.29) is 0 Å². The van der Waals surface area contributed by atoms with Gasteiger partial charge in [0.05, 0.1) is 12.2 Å². The summed E-state index contributed by atoms with van der Waals surface area (Å²) in [6.07, 6.45) is 1.77. The van der Waals surface area contributed by atoms with Crippen molar-refractivity contribution in [3.63, 3.8) is 0 Å². The van der Waals surface area contributed by atoms with Gasteiger partial charge >= 0.3 is 0 Å². The fourth-order valence-corrected chi connectivity index (χ4v) is 0.613. The summed E-state index contributed by atoms with van der Waals surface area (Å²) < 4.78 is 5.45. The highest BCUT2D eigenvalue weighted by Crippen LogP contribution is 2.05. The van der Waals surface area contributed by atoms with Crippen LogP contribution in [0.3, 0.4) is 0 Å². The fourth-order valence-electron chi connectivity index (χ4n) is 0.613. The summed E-state index contributed by atoms with van der Waals surface area (Å²) in [5.74, 6) is 0.567. The molecule has 0 aliphatic rings. The van der Waals surface area contributed by atoms with Gasteiger partial charge in [0, 0.05) is 13.0 Å². The maximum atomic E-state index is 8.24.